The largest absolute Gasteiger partial charge is 0.485 e. The zero-order valence-electron chi connectivity index (χ0n) is 13.6. The lowest BCUT2D eigenvalue weighted by molar-refractivity contribution is -0.385. The summed E-state index contributed by atoms with van der Waals surface area (Å²) in [4.78, 5) is 34.0. The second-order valence-corrected chi connectivity index (χ2v) is 5.84. The first-order valence-electron chi connectivity index (χ1n) is 7.78. The molecule has 25 heavy (non-hydrogen) atoms. The molecule has 1 heterocycles. The second kappa shape index (κ2) is 6.72. The Morgan fingerprint density at radius 3 is 2.76 bits per heavy atom. The molecule has 1 aliphatic heterocycles. The summed E-state index contributed by atoms with van der Waals surface area (Å²) in [7, 11) is 0. The number of carbonyl (C=O) groups is 2. The fraction of sp³-hybridized carbons (Fsp3) is 0.222. The summed E-state index contributed by atoms with van der Waals surface area (Å²) in [5, 5.41) is 13.6. The molecule has 2 aromatic rings. The van der Waals surface area contributed by atoms with Crippen molar-refractivity contribution in [3.8, 4) is 5.75 Å². The SMILES string of the molecule is Cc1cc(OCC(=O)c2ccc3c(c2)CCC(=O)N3)ccc1[N+](=O)[O-]. The Labute approximate surface area is 143 Å². The molecule has 0 radical (unpaired) electrons. The highest BCUT2D eigenvalue weighted by atomic mass is 16.6. The topological polar surface area (TPSA) is 98.5 Å². The molecule has 0 spiro atoms. The molecule has 2 aromatic carbocycles. The summed E-state index contributed by atoms with van der Waals surface area (Å²) in [6, 6.07) is 9.50. The van der Waals surface area contributed by atoms with Crippen LogP contribution in [0, 0.1) is 17.0 Å². The first kappa shape index (κ1) is 16.6. The van der Waals surface area contributed by atoms with Crippen LogP contribution in [0.5, 0.6) is 5.75 Å². The van der Waals surface area contributed by atoms with Crippen molar-refractivity contribution in [1.82, 2.24) is 0 Å². The number of rotatable bonds is 5. The van der Waals surface area contributed by atoms with Gasteiger partial charge >= 0.3 is 0 Å². The van der Waals surface area contributed by atoms with Gasteiger partial charge in [0.15, 0.2) is 12.4 Å². The number of benzene rings is 2. The number of carbonyl (C=O) groups excluding carboxylic acids is 2. The number of ether oxygens (including phenoxy) is 1. The molecule has 1 N–H and O–H groups in total. The molecule has 1 aliphatic rings. The van der Waals surface area contributed by atoms with E-state index in [2.05, 4.69) is 5.32 Å². The molecule has 7 heteroatoms. The molecule has 0 atom stereocenters. The summed E-state index contributed by atoms with van der Waals surface area (Å²) in [5.74, 6) is 0.181. The van der Waals surface area contributed by atoms with Gasteiger partial charge in [0.2, 0.25) is 5.91 Å². The number of anilines is 1. The van der Waals surface area contributed by atoms with Crippen molar-refractivity contribution in [1.29, 1.82) is 0 Å². The number of hydrogen-bond acceptors (Lipinski definition) is 5. The van der Waals surface area contributed by atoms with Crippen LogP contribution in [0.3, 0.4) is 0 Å². The monoisotopic (exact) mass is 340 g/mol. The van der Waals surface area contributed by atoms with E-state index in [1.807, 2.05) is 0 Å². The number of nitrogens with zero attached hydrogens (tertiary/aromatic N) is 1. The smallest absolute Gasteiger partial charge is 0.272 e. The number of hydrogen-bond donors (Lipinski definition) is 1. The molecular formula is C18H16N2O5. The maximum atomic E-state index is 12.3. The van der Waals surface area contributed by atoms with Gasteiger partial charge in [-0.2, -0.15) is 0 Å². The lowest BCUT2D eigenvalue weighted by Gasteiger charge is -2.17. The molecule has 0 aliphatic carbocycles. The second-order valence-electron chi connectivity index (χ2n) is 5.84. The van der Waals surface area contributed by atoms with E-state index in [1.54, 1.807) is 25.1 Å². The number of amides is 1. The number of fused-ring (bicyclic) bond motifs is 1. The normalized spacial score (nSPS) is 12.9. The molecule has 128 valence electrons. The Balaban J connectivity index is 1.68. The zero-order valence-corrected chi connectivity index (χ0v) is 13.6. The number of aryl methyl sites for hydroxylation is 2. The van der Waals surface area contributed by atoms with E-state index in [0.717, 1.165) is 11.3 Å². The van der Waals surface area contributed by atoms with Gasteiger partial charge in [-0.25, -0.2) is 0 Å². The molecule has 3 rings (SSSR count). The predicted molar refractivity (Wildman–Crippen MR) is 91.1 cm³/mol. The van der Waals surface area contributed by atoms with Gasteiger partial charge in [-0.1, -0.05) is 0 Å². The number of Topliss-reactive ketones (excluding diaryl/α,β-unsaturated/α-hetero) is 1. The Hall–Kier alpha value is -3.22. The maximum absolute atomic E-state index is 12.3. The van der Waals surface area contributed by atoms with Gasteiger partial charge < -0.3 is 10.1 Å². The van der Waals surface area contributed by atoms with Gasteiger partial charge in [-0.3, -0.25) is 19.7 Å². The Kier molecular flexibility index (Phi) is 4.47. The molecular weight excluding hydrogens is 324 g/mol. The Morgan fingerprint density at radius 1 is 1.24 bits per heavy atom. The number of nitrogens with one attached hydrogen (secondary N) is 1. The van der Waals surface area contributed by atoms with Crippen molar-refractivity contribution in [2.45, 2.75) is 19.8 Å². The number of nitro groups is 1. The Morgan fingerprint density at radius 2 is 2.04 bits per heavy atom. The summed E-state index contributed by atoms with van der Waals surface area (Å²) in [6.07, 6.45) is 1.01. The van der Waals surface area contributed by atoms with Crippen LogP contribution in [0.15, 0.2) is 36.4 Å². The summed E-state index contributed by atoms with van der Waals surface area (Å²) < 4.78 is 5.46. The summed E-state index contributed by atoms with van der Waals surface area (Å²) in [5.41, 5.74) is 2.65. The molecule has 1 amide bonds. The van der Waals surface area contributed by atoms with Crippen LogP contribution >= 0.6 is 0 Å². The molecule has 7 nitrogen and oxygen atoms in total. The fourth-order valence-corrected chi connectivity index (χ4v) is 2.71. The van der Waals surface area contributed by atoms with E-state index in [-0.39, 0.29) is 24.0 Å². The molecule has 0 saturated carbocycles. The van der Waals surface area contributed by atoms with Gasteiger partial charge in [-0.15, -0.1) is 0 Å². The van der Waals surface area contributed by atoms with Gasteiger partial charge in [0.05, 0.1) is 4.92 Å². The van der Waals surface area contributed by atoms with Gasteiger partial charge in [-0.05, 0) is 49.2 Å². The highest BCUT2D eigenvalue weighted by Crippen LogP contribution is 2.25. The van der Waals surface area contributed by atoms with Gasteiger partial charge in [0.1, 0.15) is 5.75 Å². The molecule has 0 aromatic heterocycles. The zero-order chi connectivity index (χ0) is 18.0. The third-order valence-corrected chi connectivity index (χ3v) is 4.06. The lowest BCUT2D eigenvalue weighted by atomic mass is 9.99. The minimum atomic E-state index is -0.462. The van der Waals surface area contributed by atoms with Crippen LogP contribution in [0.2, 0.25) is 0 Å². The minimum Gasteiger partial charge on any atom is -0.485 e. The third kappa shape index (κ3) is 3.65. The average molecular weight is 340 g/mol. The Bertz CT molecular complexity index is 876. The van der Waals surface area contributed by atoms with Gasteiger partial charge in [0.25, 0.3) is 5.69 Å². The quantitative estimate of drug-likeness (QED) is 0.512. The van der Waals surface area contributed by atoms with Crippen LogP contribution in [0.4, 0.5) is 11.4 Å². The van der Waals surface area contributed by atoms with E-state index in [4.69, 9.17) is 4.74 Å². The van der Waals surface area contributed by atoms with E-state index in [9.17, 15) is 19.7 Å². The van der Waals surface area contributed by atoms with Crippen molar-refractivity contribution < 1.29 is 19.2 Å². The van der Waals surface area contributed by atoms with Crippen LogP contribution in [0.1, 0.15) is 27.9 Å². The first-order valence-corrected chi connectivity index (χ1v) is 7.78. The number of nitro benzene ring substituents is 1. The highest BCUT2D eigenvalue weighted by molar-refractivity contribution is 5.99. The van der Waals surface area contributed by atoms with Crippen molar-refractivity contribution in [2.24, 2.45) is 0 Å². The minimum absolute atomic E-state index is 0.00964. The molecule has 0 bridgehead atoms. The van der Waals surface area contributed by atoms with Gasteiger partial charge in [0, 0.05) is 29.3 Å². The van der Waals surface area contributed by atoms with Crippen molar-refractivity contribution in [3.63, 3.8) is 0 Å². The predicted octanol–water partition coefficient (Wildman–Crippen LogP) is 3.05. The van der Waals surface area contributed by atoms with E-state index in [1.165, 1.54) is 18.2 Å². The van der Waals surface area contributed by atoms with Crippen LogP contribution in [-0.4, -0.2) is 23.2 Å². The van der Waals surface area contributed by atoms with E-state index >= 15 is 0 Å². The van der Waals surface area contributed by atoms with Crippen LogP contribution < -0.4 is 10.1 Å². The maximum Gasteiger partial charge on any atom is 0.272 e. The highest BCUT2D eigenvalue weighted by Gasteiger charge is 2.17. The van der Waals surface area contributed by atoms with Crippen molar-refractivity contribution >= 4 is 23.1 Å². The van der Waals surface area contributed by atoms with Crippen LogP contribution in [-0.2, 0) is 11.2 Å². The van der Waals surface area contributed by atoms with E-state index in [0.29, 0.717) is 29.7 Å². The molecule has 0 fully saturated rings. The van der Waals surface area contributed by atoms with Crippen molar-refractivity contribution in [2.75, 3.05) is 11.9 Å². The average Bonchev–Trinajstić information content (AvgIpc) is 2.58. The van der Waals surface area contributed by atoms with E-state index < -0.39 is 4.92 Å². The molecule has 0 saturated heterocycles. The first-order chi connectivity index (χ1) is 11.9. The standard InChI is InChI=1S/C18H16N2O5/c1-11-8-14(4-6-16(11)20(23)24)25-10-17(21)13-2-5-15-12(9-13)3-7-18(22)19-15/h2,4-6,8-9H,3,7,10H2,1H3,(H,19,22). The van der Waals surface area contributed by atoms with Crippen LogP contribution in [0.25, 0.3) is 0 Å². The summed E-state index contributed by atoms with van der Waals surface area (Å²) in [6.45, 7) is 1.45. The summed E-state index contributed by atoms with van der Waals surface area (Å²) >= 11 is 0. The fourth-order valence-electron chi connectivity index (χ4n) is 2.71. The lowest BCUT2D eigenvalue weighted by Crippen LogP contribution is -2.20. The third-order valence-electron chi connectivity index (χ3n) is 4.06. The number of ketones is 1. The van der Waals surface area contributed by atoms with Crippen molar-refractivity contribution in [3.05, 3.63) is 63.2 Å². The molecule has 0 unspecified atom stereocenters.